The summed E-state index contributed by atoms with van der Waals surface area (Å²) in [5.74, 6) is -7.15. The van der Waals surface area contributed by atoms with Gasteiger partial charge in [0.15, 0.2) is 22.3 Å². The fourth-order valence-corrected chi connectivity index (χ4v) is 3.44. The van der Waals surface area contributed by atoms with Crippen molar-refractivity contribution in [2.24, 2.45) is 7.05 Å². The Balaban J connectivity index is 2.33. The van der Waals surface area contributed by atoms with Gasteiger partial charge < -0.3 is 19.5 Å². The summed E-state index contributed by atoms with van der Waals surface area (Å²) < 4.78 is 57.1. The number of anilines is 1. The Morgan fingerprint density at radius 1 is 1.26 bits per heavy atom. The van der Waals surface area contributed by atoms with E-state index < -0.39 is 57.2 Å². The normalized spacial score (nSPS) is 12.9. The number of halogens is 3. The number of nitrogens with one attached hydrogen (secondary N) is 2. The van der Waals surface area contributed by atoms with Crippen molar-refractivity contribution in [1.29, 1.82) is 0 Å². The maximum absolute atomic E-state index is 13.7. The lowest BCUT2D eigenvalue weighted by Gasteiger charge is -2.20. The van der Waals surface area contributed by atoms with Gasteiger partial charge in [0.1, 0.15) is 13.5 Å². The Morgan fingerprint density at radius 3 is 2.41 bits per heavy atom. The van der Waals surface area contributed by atoms with Crippen LogP contribution in [0.5, 0.6) is 5.75 Å². The molecule has 1 heterocycles. The Morgan fingerprint density at radius 2 is 1.85 bits per heavy atom. The minimum absolute atomic E-state index is 0.0259. The molecule has 0 bridgehead atoms. The monoisotopic (exact) mass is 401 g/mol. The number of rotatable bonds is 4. The van der Waals surface area contributed by atoms with Crippen molar-refractivity contribution >= 4 is 36.3 Å². The molecule has 11 heteroatoms. The molecular weight excluding hydrogens is 382 g/mol. The summed E-state index contributed by atoms with van der Waals surface area (Å²) in [4.78, 5) is 12.8. The van der Waals surface area contributed by atoms with Crippen LogP contribution in [0.3, 0.4) is 0 Å². The lowest BCUT2D eigenvalue weighted by Crippen LogP contribution is -2.40. The summed E-state index contributed by atoms with van der Waals surface area (Å²) in [7, 11) is 2.61. The fourth-order valence-electron chi connectivity index (χ4n) is 2.29. The van der Waals surface area contributed by atoms with Crippen LogP contribution in [0.15, 0.2) is 17.2 Å². The first-order valence-corrected chi connectivity index (χ1v) is 9.01. The minimum Gasteiger partial charge on any atom is -0.593 e. The van der Waals surface area contributed by atoms with Crippen molar-refractivity contribution in [3.8, 4) is 5.75 Å². The fraction of sp³-hybridized carbons (Fsp3) is 0.312. The topological polar surface area (TPSA) is 89.3 Å². The molecule has 3 N–H and O–H groups in total. The van der Waals surface area contributed by atoms with Crippen LogP contribution < -0.4 is 15.5 Å². The van der Waals surface area contributed by atoms with Crippen LogP contribution in [0, 0.1) is 17.5 Å². The third-order valence-corrected chi connectivity index (χ3v) is 5.05. The predicted octanol–water partition coefficient (Wildman–Crippen LogP) is 1.07. The standard InChI is InChI=1S/C16H19BF3N3O3S/c1-16(2,3)22-27(26)7-5-8(23(4)6-7)15(25)21-13-9(17)10(18)11(19)12(20)14(13)24/h5-6,22,24H,17H2,1-4H3,(H,21,25). The summed E-state index contributed by atoms with van der Waals surface area (Å²) in [6, 6.07) is 1.34. The van der Waals surface area contributed by atoms with Crippen molar-refractivity contribution in [1.82, 2.24) is 9.29 Å². The van der Waals surface area contributed by atoms with Gasteiger partial charge in [-0.05, 0) is 26.2 Å². The summed E-state index contributed by atoms with van der Waals surface area (Å²) in [6.45, 7) is 5.47. The van der Waals surface area contributed by atoms with E-state index in [0.29, 0.717) is 4.90 Å². The largest absolute Gasteiger partial charge is 0.593 e. The molecule has 146 valence electrons. The van der Waals surface area contributed by atoms with Gasteiger partial charge in [-0.1, -0.05) is 0 Å². The lowest BCUT2D eigenvalue weighted by atomic mass is 9.92. The molecule has 1 aromatic heterocycles. The number of aryl methyl sites for hydroxylation is 1. The molecule has 0 aliphatic carbocycles. The van der Waals surface area contributed by atoms with E-state index in [1.54, 1.807) is 0 Å². The molecule has 1 aromatic carbocycles. The molecule has 6 nitrogen and oxygen atoms in total. The Bertz CT molecular complexity index is 870. The summed E-state index contributed by atoms with van der Waals surface area (Å²) >= 11 is -1.59. The van der Waals surface area contributed by atoms with Gasteiger partial charge in [-0.2, -0.15) is 4.39 Å². The van der Waals surface area contributed by atoms with Crippen LogP contribution in [0.4, 0.5) is 18.9 Å². The highest BCUT2D eigenvalue weighted by molar-refractivity contribution is 7.89. The minimum atomic E-state index is -1.83. The second kappa shape index (κ2) is 7.49. The second-order valence-corrected chi connectivity index (χ2v) is 8.25. The number of benzene rings is 1. The van der Waals surface area contributed by atoms with Crippen molar-refractivity contribution in [2.45, 2.75) is 31.2 Å². The van der Waals surface area contributed by atoms with Gasteiger partial charge in [0.25, 0.3) is 5.91 Å². The number of hydrogen-bond donors (Lipinski definition) is 3. The zero-order valence-corrected chi connectivity index (χ0v) is 16.2. The molecule has 0 aliphatic heterocycles. The Kier molecular flexibility index (Phi) is 5.88. The van der Waals surface area contributed by atoms with E-state index in [9.17, 15) is 27.6 Å². The smallest absolute Gasteiger partial charge is 0.272 e. The highest BCUT2D eigenvalue weighted by Gasteiger charge is 2.27. The zero-order chi connectivity index (χ0) is 20.7. The average molecular weight is 401 g/mol. The van der Waals surface area contributed by atoms with Gasteiger partial charge in [0.2, 0.25) is 5.82 Å². The molecule has 0 saturated heterocycles. The quantitative estimate of drug-likeness (QED) is 0.310. The Labute approximate surface area is 158 Å². The van der Waals surface area contributed by atoms with E-state index >= 15 is 0 Å². The van der Waals surface area contributed by atoms with E-state index in [0.717, 1.165) is 7.85 Å². The number of aromatic nitrogens is 1. The lowest BCUT2D eigenvalue weighted by molar-refractivity contribution is 0.101. The summed E-state index contributed by atoms with van der Waals surface area (Å²) in [5.41, 5.74) is -1.44. The van der Waals surface area contributed by atoms with Gasteiger partial charge >= 0.3 is 0 Å². The molecule has 2 aromatic rings. The van der Waals surface area contributed by atoms with Crippen molar-refractivity contribution < 1.29 is 27.6 Å². The number of phenols is 1. The van der Waals surface area contributed by atoms with Gasteiger partial charge in [-0.15, -0.1) is 4.72 Å². The van der Waals surface area contributed by atoms with E-state index in [2.05, 4.69) is 10.0 Å². The van der Waals surface area contributed by atoms with E-state index in [4.69, 9.17) is 0 Å². The highest BCUT2D eigenvalue weighted by Crippen LogP contribution is 2.29. The predicted molar refractivity (Wildman–Crippen MR) is 98.8 cm³/mol. The van der Waals surface area contributed by atoms with Crippen LogP contribution in [-0.2, 0) is 18.4 Å². The van der Waals surface area contributed by atoms with Gasteiger partial charge in [0, 0.05) is 13.1 Å². The highest BCUT2D eigenvalue weighted by atomic mass is 32.2. The summed E-state index contributed by atoms with van der Waals surface area (Å²) in [5, 5.41) is 11.9. The maximum atomic E-state index is 13.7. The van der Waals surface area contributed by atoms with Gasteiger partial charge in [-0.25, -0.2) is 8.78 Å². The average Bonchev–Trinajstić information content (AvgIpc) is 2.95. The molecule has 27 heavy (non-hydrogen) atoms. The number of phenolic OH excluding ortho intramolecular Hbond substituents is 1. The first-order chi connectivity index (χ1) is 12.3. The van der Waals surface area contributed by atoms with Gasteiger partial charge in [-0.3, -0.25) is 4.79 Å². The molecule has 2 rings (SSSR count). The summed E-state index contributed by atoms with van der Waals surface area (Å²) in [6.07, 6.45) is 1.46. The number of carbonyl (C=O) groups excluding carboxylic acids is 1. The maximum Gasteiger partial charge on any atom is 0.272 e. The first-order valence-electron chi connectivity index (χ1n) is 7.86. The number of amides is 1. The Hall–Kier alpha value is -2.11. The van der Waals surface area contributed by atoms with Crippen LogP contribution in [0.2, 0.25) is 0 Å². The molecule has 1 amide bonds. The van der Waals surface area contributed by atoms with Crippen LogP contribution >= 0.6 is 0 Å². The first kappa shape index (κ1) is 21.2. The van der Waals surface area contributed by atoms with Crippen LogP contribution in [0.25, 0.3) is 0 Å². The number of carbonyl (C=O) groups is 1. The van der Waals surface area contributed by atoms with Crippen molar-refractivity contribution in [3.63, 3.8) is 0 Å². The van der Waals surface area contributed by atoms with E-state index in [-0.39, 0.29) is 5.69 Å². The molecule has 1 unspecified atom stereocenters. The SMILES string of the molecule is Bc1c(F)c(F)c(F)c(O)c1NC(=O)c1cc([S+]([O-])NC(C)(C)C)cn1C. The molecular formula is C16H19BF3N3O3S. The second-order valence-electron chi connectivity index (χ2n) is 7.04. The molecule has 1 atom stereocenters. The molecule has 0 radical (unpaired) electrons. The van der Waals surface area contributed by atoms with Crippen LogP contribution in [-0.4, -0.2) is 33.5 Å². The third-order valence-electron chi connectivity index (χ3n) is 3.60. The molecule has 0 saturated carbocycles. The van der Waals surface area contributed by atoms with Crippen molar-refractivity contribution in [2.75, 3.05) is 5.32 Å². The number of nitrogens with zero attached hydrogens (tertiary/aromatic N) is 1. The van der Waals surface area contributed by atoms with E-state index in [1.807, 2.05) is 20.8 Å². The van der Waals surface area contributed by atoms with Gasteiger partial charge in [0.05, 0.1) is 28.8 Å². The van der Waals surface area contributed by atoms with Crippen molar-refractivity contribution in [3.05, 3.63) is 35.4 Å². The molecule has 0 aliphatic rings. The molecule has 0 fully saturated rings. The third kappa shape index (κ3) is 4.42. The van der Waals surface area contributed by atoms with E-state index in [1.165, 1.54) is 23.9 Å². The van der Waals surface area contributed by atoms with Crippen LogP contribution in [0.1, 0.15) is 31.3 Å². The zero-order valence-electron chi connectivity index (χ0n) is 15.4. The number of hydrogen-bond acceptors (Lipinski definition) is 4. The molecule has 0 spiro atoms. The number of aromatic hydroxyl groups is 1.